The minimum atomic E-state index is -0.496. The smallest absolute Gasteiger partial charge is 0.342 e. The van der Waals surface area contributed by atoms with Crippen LogP contribution in [0.1, 0.15) is 0 Å². The van der Waals surface area contributed by atoms with Gasteiger partial charge >= 0.3 is 5.82 Å². The van der Waals surface area contributed by atoms with Crippen LogP contribution >= 0.6 is 0 Å². The van der Waals surface area contributed by atoms with Crippen molar-refractivity contribution in [2.45, 2.75) is 6.54 Å². The Hall–Kier alpha value is -3.12. The van der Waals surface area contributed by atoms with E-state index < -0.39 is 4.92 Å². The molecule has 3 aromatic heterocycles. The van der Waals surface area contributed by atoms with E-state index in [1.165, 1.54) is 10.8 Å². The zero-order chi connectivity index (χ0) is 19.8. The molecule has 0 bridgehead atoms. The van der Waals surface area contributed by atoms with E-state index in [9.17, 15) is 10.1 Å². The number of ether oxygens (including phenoxy) is 1. The molecule has 0 spiro atoms. The molecule has 1 aliphatic heterocycles. The molecule has 4 heterocycles. The molecule has 0 radical (unpaired) electrons. The van der Waals surface area contributed by atoms with Crippen molar-refractivity contribution >= 4 is 16.9 Å². The van der Waals surface area contributed by atoms with Crippen molar-refractivity contribution in [2.24, 2.45) is 14.1 Å². The van der Waals surface area contributed by atoms with E-state index >= 15 is 0 Å². The van der Waals surface area contributed by atoms with Gasteiger partial charge in [-0.05, 0) is 4.92 Å². The van der Waals surface area contributed by atoms with Gasteiger partial charge in [-0.3, -0.25) is 10.3 Å². The minimum Gasteiger partial charge on any atom is -0.379 e. The van der Waals surface area contributed by atoms with Gasteiger partial charge < -0.3 is 19.4 Å². The molecule has 12 heteroatoms. The first-order valence-corrected chi connectivity index (χ1v) is 8.90. The van der Waals surface area contributed by atoms with Gasteiger partial charge in [0.05, 0.1) is 32.0 Å². The Bertz CT molecular complexity index is 1090. The molecular weight excluding hydrogens is 366 g/mol. The highest BCUT2D eigenvalue weighted by molar-refractivity contribution is 5.88. The van der Waals surface area contributed by atoms with Crippen LogP contribution in [0.4, 0.5) is 5.82 Å². The van der Waals surface area contributed by atoms with Crippen LogP contribution in [0.5, 0.6) is 0 Å². The van der Waals surface area contributed by atoms with Gasteiger partial charge in [0.2, 0.25) is 5.82 Å². The predicted molar refractivity (Wildman–Crippen MR) is 98.5 cm³/mol. The molecule has 0 saturated carbocycles. The lowest BCUT2D eigenvalue weighted by Gasteiger charge is -2.26. The van der Waals surface area contributed by atoms with Crippen LogP contribution in [0.25, 0.3) is 22.6 Å². The number of fused-ring (bicyclic) bond motifs is 1. The maximum Gasteiger partial charge on any atom is 0.342 e. The summed E-state index contributed by atoms with van der Waals surface area (Å²) in [5.74, 6) is 0.197. The average Bonchev–Trinajstić information content (AvgIpc) is 3.22. The molecule has 1 aliphatic rings. The van der Waals surface area contributed by atoms with Gasteiger partial charge in [-0.2, -0.15) is 5.10 Å². The molecular formula is C16H21N9O3. The molecule has 0 aliphatic carbocycles. The van der Waals surface area contributed by atoms with E-state index in [2.05, 4.69) is 20.0 Å². The number of morpholine rings is 1. The Morgan fingerprint density at radius 1 is 1.25 bits per heavy atom. The maximum atomic E-state index is 11.1. The van der Waals surface area contributed by atoms with Gasteiger partial charge in [-0.1, -0.05) is 0 Å². The molecule has 1 N–H and O–H groups in total. The molecule has 1 saturated heterocycles. The summed E-state index contributed by atoms with van der Waals surface area (Å²) in [6.07, 6.45) is 2.83. The second-order valence-corrected chi connectivity index (χ2v) is 6.67. The molecule has 4 rings (SSSR count). The third kappa shape index (κ3) is 3.05. The zero-order valence-corrected chi connectivity index (χ0v) is 15.7. The summed E-state index contributed by atoms with van der Waals surface area (Å²) in [4.78, 5) is 21.5. The summed E-state index contributed by atoms with van der Waals surface area (Å²) < 4.78 is 10.1. The molecule has 0 unspecified atom stereocenters. The number of aryl methyl sites for hydroxylation is 1. The van der Waals surface area contributed by atoms with Gasteiger partial charge in [-0.15, -0.1) is 0 Å². The first-order chi connectivity index (χ1) is 13.5. The van der Waals surface area contributed by atoms with E-state index in [1.807, 2.05) is 0 Å². The molecule has 28 heavy (non-hydrogen) atoms. The molecule has 1 fully saturated rings. The van der Waals surface area contributed by atoms with Crippen LogP contribution in [0.3, 0.4) is 0 Å². The normalized spacial score (nSPS) is 15.4. The van der Waals surface area contributed by atoms with Gasteiger partial charge in [-0.25, -0.2) is 19.2 Å². The van der Waals surface area contributed by atoms with Crippen LogP contribution in [0.15, 0.2) is 12.5 Å². The number of hydrogen-bond acceptors (Lipinski definition) is 8. The summed E-state index contributed by atoms with van der Waals surface area (Å²) >= 11 is 0. The summed E-state index contributed by atoms with van der Waals surface area (Å²) in [5, 5.41) is 24.8. The fourth-order valence-electron chi connectivity index (χ4n) is 3.40. The van der Waals surface area contributed by atoms with Crippen LogP contribution in [-0.2, 0) is 25.4 Å². The highest BCUT2D eigenvalue weighted by Crippen LogP contribution is 2.25. The quantitative estimate of drug-likeness (QED) is 0.477. The Labute approximate surface area is 159 Å². The second kappa shape index (κ2) is 7.13. The van der Waals surface area contributed by atoms with E-state index in [4.69, 9.17) is 10.1 Å². The predicted octanol–water partition coefficient (Wildman–Crippen LogP) is -0.110. The van der Waals surface area contributed by atoms with Crippen molar-refractivity contribution in [2.75, 3.05) is 32.8 Å². The van der Waals surface area contributed by atoms with Crippen molar-refractivity contribution in [3.63, 3.8) is 0 Å². The first-order valence-electron chi connectivity index (χ1n) is 8.90. The standard InChI is InChI=1S/C16H21N9O3/c1-21-11(25(26)27)9-18-16(21)13-12-14(17)24(10-19-15(12)22(2)20-13)4-3-23-5-7-28-8-6-23/h9-10,17H,3-8H2,1-2H3. The van der Waals surface area contributed by atoms with Gasteiger partial charge in [0.15, 0.2) is 11.3 Å². The maximum absolute atomic E-state index is 11.1. The Balaban J connectivity index is 1.74. The van der Waals surface area contributed by atoms with Gasteiger partial charge in [0.25, 0.3) is 0 Å². The van der Waals surface area contributed by atoms with E-state index in [0.29, 0.717) is 29.1 Å². The van der Waals surface area contributed by atoms with Crippen molar-refractivity contribution in [1.29, 1.82) is 5.41 Å². The summed E-state index contributed by atoms with van der Waals surface area (Å²) in [7, 11) is 3.29. The molecule has 0 amide bonds. The topological polar surface area (TPSA) is 133 Å². The van der Waals surface area contributed by atoms with Crippen molar-refractivity contribution < 1.29 is 9.66 Å². The minimum absolute atomic E-state index is 0.135. The van der Waals surface area contributed by atoms with E-state index in [1.54, 1.807) is 29.7 Å². The lowest BCUT2D eigenvalue weighted by Crippen LogP contribution is -2.39. The summed E-state index contributed by atoms with van der Waals surface area (Å²) in [6, 6.07) is 0. The Morgan fingerprint density at radius 2 is 2.00 bits per heavy atom. The van der Waals surface area contributed by atoms with Crippen LogP contribution in [0, 0.1) is 15.5 Å². The lowest BCUT2D eigenvalue weighted by atomic mass is 10.2. The SMILES string of the molecule is Cn1c([N+](=O)[O-])cnc1-c1nn(C)c2ncn(CCN3CCOCC3)c(=N)c12. The largest absolute Gasteiger partial charge is 0.379 e. The lowest BCUT2D eigenvalue weighted by molar-refractivity contribution is -0.391. The van der Waals surface area contributed by atoms with Crippen LogP contribution < -0.4 is 5.49 Å². The molecule has 12 nitrogen and oxygen atoms in total. The fourth-order valence-corrected chi connectivity index (χ4v) is 3.40. The van der Waals surface area contributed by atoms with Gasteiger partial charge in [0.1, 0.15) is 11.7 Å². The molecule has 0 atom stereocenters. The third-order valence-electron chi connectivity index (χ3n) is 4.98. The van der Waals surface area contributed by atoms with Crippen molar-refractivity contribution in [1.82, 2.24) is 33.8 Å². The average molecular weight is 387 g/mol. The Kier molecular flexibility index (Phi) is 4.65. The summed E-state index contributed by atoms with van der Waals surface area (Å²) in [6.45, 7) is 4.59. The number of aromatic nitrogens is 6. The number of imidazole rings is 1. The Morgan fingerprint density at radius 3 is 2.68 bits per heavy atom. The fraction of sp³-hybridized carbons (Fsp3) is 0.500. The van der Waals surface area contributed by atoms with Crippen LogP contribution in [-0.4, -0.2) is 71.6 Å². The second-order valence-electron chi connectivity index (χ2n) is 6.67. The molecule has 3 aromatic rings. The first kappa shape index (κ1) is 18.3. The van der Waals surface area contributed by atoms with Crippen molar-refractivity contribution in [3.8, 4) is 11.5 Å². The number of rotatable bonds is 5. The molecule has 148 valence electrons. The number of hydrogen-bond donors (Lipinski definition) is 1. The number of nitro groups is 1. The summed E-state index contributed by atoms with van der Waals surface area (Å²) in [5.41, 5.74) is 1.20. The monoisotopic (exact) mass is 387 g/mol. The van der Waals surface area contributed by atoms with Gasteiger partial charge in [0, 0.05) is 33.2 Å². The highest BCUT2D eigenvalue weighted by Gasteiger charge is 2.25. The number of nitrogens with zero attached hydrogens (tertiary/aromatic N) is 8. The van der Waals surface area contributed by atoms with Crippen LogP contribution in [0.2, 0.25) is 0 Å². The highest BCUT2D eigenvalue weighted by atomic mass is 16.6. The zero-order valence-electron chi connectivity index (χ0n) is 15.7. The number of nitrogens with one attached hydrogen (secondary N) is 1. The van der Waals surface area contributed by atoms with E-state index in [-0.39, 0.29) is 11.3 Å². The van der Waals surface area contributed by atoms with E-state index in [0.717, 1.165) is 32.8 Å². The molecule has 0 aromatic carbocycles. The third-order valence-corrected chi connectivity index (χ3v) is 4.98. The van der Waals surface area contributed by atoms with Crippen molar-refractivity contribution in [3.05, 3.63) is 28.1 Å².